The van der Waals surface area contributed by atoms with Gasteiger partial charge >= 0.3 is 0 Å². The average molecular weight is 289 g/mol. The third-order valence-electron chi connectivity index (χ3n) is 4.66. The topological polar surface area (TPSA) is 23.5 Å². The van der Waals surface area contributed by atoms with Crippen LogP contribution in [0.2, 0.25) is 0 Å². The van der Waals surface area contributed by atoms with Crippen LogP contribution < -0.4 is 0 Å². The predicted molar refractivity (Wildman–Crippen MR) is 83.7 cm³/mol. The Morgan fingerprint density at radius 3 is 3.10 bits per heavy atom. The Labute approximate surface area is 125 Å². The minimum atomic E-state index is 0.155. The molecular formula is C17H23NOS. The number of nitrogens with zero attached hydrogens (tertiary/aromatic N) is 1. The number of thiophene rings is 1. The van der Waals surface area contributed by atoms with Crippen molar-refractivity contribution in [1.29, 1.82) is 0 Å². The predicted octanol–water partition coefficient (Wildman–Crippen LogP) is 3.25. The highest BCUT2D eigenvalue weighted by atomic mass is 32.1. The lowest BCUT2D eigenvalue weighted by Crippen LogP contribution is -2.41. The lowest BCUT2D eigenvalue weighted by molar-refractivity contribution is 0.107. The molecule has 3 rings (SSSR count). The average Bonchev–Trinajstić information content (AvgIpc) is 3.09. The summed E-state index contributed by atoms with van der Waals surface area (Å²) in [4.78, 5) is 4.10. The first-order valence-electron chi connectivity index (χ1n) is 7.78. The highest BCUT2D eigenvalue weighted by Gasteiger charge is 2.34. The molecule has 2 nitrogen and oxygen atoms in total. The molecule has 0 amide bonds. The number of hydrogen-bond acceptors (Lipinski definition) is 3. The van der Waals surface area contributed by atoms with Gasteiger partial charge in [-0.15, -0.1) is 11.3 Å². The number of aliphatic hydroxyl groups is 1. The zero-order valence-corrected chi connectivity index (χ0v) is 12.8. The van der Waals surface area contributed by atoms with Crippen LogP contribution >= 0.6 is 11.3 Å². The van der Waals surface area contributed by atoms with E-state index in [1.165, 1.54) is 49.1 Å². The zero-order valence-electron chi connectivity index (χ0n) is 12.0. The molecule has 3 heteroatoms. The first-order valence-corrected chi connectivity index (χ1v) is 8.66. The number of rotatable bonds is 3. The summed E-state index contributed by atoms with van der Waals surface area (Å²) in [7, 11) is 0. The normalized spacial score (nSPS) is 26.1. The molecule has 0 spiro atoms. The van der Waals surface area contributed by atoms with Crippen LogP contribution in [-0.2, 0) is 6.54 Å². The molecule has 1 aliphatic heterocycles. The van der Waals surface area contributed by atoms with E-state index in [1.54, 1.807) is 0 Å². The van der Waals surface area contributed by atoms with Gasteiger partial charge in [0.05, 0.1) is 6.61 Å². The molecule has 108 valence electrons. The fourth-order valence-corrected chi connectivity index (χ4v) is 4.58. The Hall–Kier alpha value is -0.820. The summed E-state index contributed by atoms with van der Waals surface area (Å²) in [5.74, 6) is 7.22. The van der Waals surface area contributed by atoms with Crippen molar-refractivity contribution in [1.82, 2.24) is 4.90 Å². The number of piperidine rings is 1. The minimum Gasteiger partial charge on any atom is -0.395 e. The number of hydrogen-bond donors (Lipinski definition) is 1. The van der Waals surface area contributed by atoms with Gasteiger partial charge in [-0.2, -0.15) is 0 Å². The summed E-state index contributed by atoms with van der Waals surface area (Å²) in [5, 5.41) is 11.0. The van der Waals surface area contributed by atoms with Gasteiger partial charge in [0.25, 0.3) is 0 Å². The Bertz CT molecular complexity index is 499. The molecule has 2 aliphatic rings. The van der Waals surface area contributed by atoms with Crippen molar-refractivity contribution in [3.63, 3.8) is 0 Å². The van der Waals surface area contributed by atoms with E-state index in [0.717, 1.165) is 18.5 Å². The van der Waals surface area contributed by atoms with Crippen LogP contribution in [0, 0.1) is 17.8 Å². The van der Waals surface area contributed by atoms with Crippen LogP contribution in [0.3, 0.4) is 0 Å². The summed E-state index contributed by atoms with van der Waals surface area (Å²) in [6.45, 7) is 2.48. The highest BCUT2D eigenvalue weighted by Crippen LogP contribution is 2.37. The summed E-state index contributed by atoms with van der Waals surface area (Å²) in [5.41, 5.74) is 1.17. The molecule has 2 atom stereocenters. The van der Waals surface area contributed by atoms with E-state index in [4.69, 9.17) is 5.11 Å². The van der Waals surface area contributed by atoms with E-state index >= 15 is 0 Å². The number of fused-ring (bicyclic) bond motifs is 1. The van der Waals surface area contributed by atoms with Gasteiger partial charge in [-0.1, -0.05) is 18.3 Å². The standard InChI is InChI=1S/C17H23NOS/c19-11-2-1-5-15-9-12-20-17(15)13-18-10-4-7-14-6-3-8-16(14)18/h9,12,14,16,19H,2-4,6-8,10-11,13H2. The first kappa shape index (κ1) is 14.1. The van der Waals surface area contributed by atoms with E-state index < -0.39 is 0 Å². The molecule has 20 heavy (non-hydrogen) atoms. The van der Waals surface area contributed by atoms with Crippen molar-refractivity contribution in [2.24, 2.45) is 5.92 Å². The van der Waals surface area contributed by atoms with Crippen molar-refractivity contribution < 1.29 is 5.11 Å². The molecule has 1 N–H and O–H groups in total. The van der Waals surface area contributed by atoms with Crippen molar-refractivity contribution in [3.8, 4) is 11.8 Å². The lowest BCUT2D eigenvalue weighted by atomic mass is 9.92. The summed E-state index contributed by atoms with van der Waals surface area (Å²) in [6.07, 6.45) is 7.62. The van der Waals surface area contributed by atoms with Gasteiger partial charge in [-0.25, -0.2) is 0 Å². The molecular weight excluding hydrogens is 266 g/mol. The van der Waals surface area contributed by atoms with Crippen LogP contribution in [0.15, 0.2) is 11.4 Å². The van der Waals surface area contributed by atoms with E-state index in [9.17, 15) is 0 Å². The second-order valence-corrected chi connectivity index (χ2v) is 6.90. The van der Waals surface area contributed by atoms with Gasteiger partial charge in [-0.3, -0.25) is 4.90 Å². The molecule has 1 aromatic heterocycles. The first-order chi connectivity index (χ1) is 9.88. The largest absolute Gasteiger partial charge is 0.395 e. The van der Waals surface area contributed by atoms with Gasteiger partial charge in [0.15, 0.2) is 0 Å². The maximum absolute atomic E-state index is 8.82. The van der Waals surface area contributed by atoms with Crippen molar-refractivity contribution in [2.45, 2.75) is 51.1 Å². The SMILES string of the molecule is OCCC#Cc1ccsc1CN1CCCC2CCCC21. The summed E-state index contributed by atoms with van der Waals surface area (Å²) >= 11 is 1.83. The monoisotopic (exact) mass is 289 g/mol. The molecule has 0 aromatic carbocycles. The second kappa shape index (κ2) is 6.76. The third-order valence-corrected chi connectivity index (χ3v) is 5.57. The lowest BCUT2D eigenvalue weighted by Gasteiger charge is -2.37. The quantitative estimate of drug-likeness (QED) is 0.864. The fraction of sp³-hybridized carbons (Fsp3) is 0.647. The van der Waals surface area contributed by atoms with Gasteiger partial charge < -0.3 is 5.11 Å². The van der Waals surface area contributed by atoms with Gasteiger partial charge in [0.1, 0.15) is 0 Å². The minimum absolute atomic E-state index is 0.155. The Morgan fingerprint density at radius 2 is 2.20 bits per heavy atom. The fourth-order valence-electron chi connectivity index (χ4n) is 3.73. The molecule has 1 saturated heterocycles. The van der Waals surface area contributed by atoms with Crippen LogP contribution in [0.25, 0.3) is 0 Å². The maximum Gasteiger partial charge on any atom is 0.0540 e. The smallest absolute Gasteiger partial charge is 0.0540 e. The molecule has 0 radical (unpaired) electrons. The zero-order chi connectivity index (χ0) is 13.8. The van der Waals surface area contributed by atoms with Crippen molar-refractivity contribution in [2.75, 3.05) is 13.2 Å². The Balaban J connectivity index is 1.68. The van der Waals surface area contributed by atoms with Gasteiger partial charge in [-0.05, 0) is 49.6 Å². The van der Waals surface area contributed by atoms with Gasteiger partial charge in [0.2, 0.25) is 0 Å². The summed E-state index contributed by atoms with van der Waals surface area (Å²) < 4.78 is 0. The summed E-state index contributed by atoms with van der Waals surface area (Å²) in [6, 6.07) is 2.95. The molecule has 1 aromatic rings. The van der Waals surface area contributed by atoms with E-state index in [1.807, 2.05) is 11.3 Å². The van der Waals surface area contributed by atoms with E-state index in [-0.39, 0.29) is 6.61 Å². The molecule has 2 heterocycles. The maximum atomic E-state index is 8.82. The molecule has 1 saturated carbocycles. The van der Waals surface area contributed by atoms with Crippen LogP contribution in [0.5, 0.6) is 0 Å². The highest BCUT2D eigenvalue weighted by molar-refractivity contribution is 7.10. The third kappa shape index (κ3) is 3.09. The Morgan fingerprint density at radius 1 is 1.30 bits per heavy atom. The molecule has 2 unspecified atom stereocenters. The van der Waals surface area contributed by atoms with Crippen molar-refractivity contribution >= 4 is 11.3 Å². The molecule has 2 fully saturated rings. The van der Waals surface area contributed by atoms with Crippen LogP contribution in [0.1, 0.15) is 49.0 Å². The van der Waals surface area contributed by atoms with Crippen LogP contribution in [0.4, 0.5) is 0 Å². The molecule has 1 aliphatic carbocycles. The second-order valence-electron chi connectivity index (χ2n) is 5.90. The number of likely N-dealkylation sites (tertiary alicyclic amines) is 1. The van der Waals surface area contributed by atoms with E-state index in [2.05, 4.69) is 28.2 Å². The molecule has 0 bridgehead atoms. The van der Waals surface area contributed by atoms with Gasteiger partial charge in [0, 0.05) is 29.4 Å². The van der Waals surface area contributed by atoms with E-state index in [0.29, 0.717) is 6.42 Å². The van der Waals surface area contributed by atoms with Crippen LogP contribution in [-0.4, -0.2) is 29.2 Å². The number of aliphatic hydroxyl groups excluding tert-OH is 1. The Kier molecular flexibility index (Phi) is 4.77. The van der Waals surface area contributed by atoms with Crippen molar-refractivity contribution in [3.05, 3.63) is 21.9 Å².